The van der Waals surface area contributed by atoms with E-state index in [1.165, 1.54) is 35.3 Å². The summed E-state index contributed by atoms with van der Waals surface area (Å²) in [5.41, 5.74) is 2.64. The number of aryl methyl sites for hydroxylation is 2. The van der Waals surface area contributed by atoms with E-state index in [1.54, 1.807) is 11.3 Å². The van der Waals surface area contributed by atoms with Gasteiger partial charge in [0.05, 0.1) is 10.9 Å². The zero-order valence-electron chi connectivity index (χ0n) is 13.3. The van der Waals surface area contributed by atoms with Crippen molar-refractivity contribution in [2.24, 2.45) is 0 Å². The van der Waals surface area contributed by atoms with E-state index >= 15 is 0 Å². The molecule has 23 heavy (non-hydrogen) atoms. The quantitative estimate of drug-likeness (QED) is 0.767. The van der Waals surface area contributed by atoms with Gasteiger partial charge < -0.3 is 4.90 Å². The Morgan fingerprint density at radius 1 is 1.13 bits per heavy atom. The van der Waals surface area contributed by atoms with Crippen LogP contribution in [-0.2, 0) is 12.8 Å². The molecule has 1 aliphatic heterocycles. The van der Waals surface area contributed by atoms with Crippen LogP contribution in [0.3, 0.4) is 0 Å². The number of aromatic nitrogens is 1. The van der Waals surface area contributed by atoms with Gasteiger partial charge in [-0.3, -0.25) is 9.78 Å². The Morgan fingerprint density at radius 3 is 2.83 bits per heavy atom. The molecule has 3 nitrogen and oxygen atoms in total. The molecule has 1 saturated heterocycles. The van der Waals surface area contributed by atoms with Gasteiger partial charge in [0.1, 0.15) is 0 Å². The van der Waals surface area contributed by atoms with Gasteiger partial charge in [-0.2, -0.15) is 0 Å². The maximum absolute atomic E-state index is 13.1. The van der Waals surface area contributed by atoms with Gasteiger partial charge in [-0.1, -0.05) is 6.42 Å². The van der Waals surface area contributed by atoms with Crippen LogP contribution in [0.25, 0.3) is 0 Å². The van der Waals surface area contributed by atoms with Crippen molar-refractivity contribution in [2.75, 3.05) is 6.54 Å². The molecule has 0 N–H and O–H groups in total. The molecule has 4 rings (SSSR count). The number of fused-ring (bicyclic) bond motifs is 1. The summed E-state index contributed by atoms with van der Waals surface area (Å²) >= 11 is 1.74. The second-order valence-electron chi connectivity index (χ2n) is 6.56. The Labute approximate surface area is 141 Å². The largest absolute Gasteiger partial charge is 0.331 e. The first-order valence-corrected chi connectivity index (χ1v) is 9.47. The number of nitrogens with zero attached hydrogens (tertiary/aromatic N) is 2. The SMILES string of the molecule is O=C(c1cc2c(s1)CCCCC2)N1CCCC1c1ccncc1. The zero-order chi connectivity index (χ0) is 15.6. The summed E-state index contributed by atoms with van der Waals surface area (Å²) in [6, 6.07) is 6.47. The lowest BCUT2D eigenvalue weighted by molar-refractivity contribution is 0.0740. The van der Waals surface area contributed by atoms with Crippen LogP contribution in [0.5, 0.6) is 0 Å². The summed E-state index contributed by atoms with van der Waals surface area (Å²) in [4.78, 5) is 21.6. The van der Waals surface area contributed by atoms with Crippen molar-refractivity contribution in [2.45, 2.75) is 51.0 Å². The lowest BCUT2D eigenvalue weighted by Crippen LogP contribution is -2.30. The number of likely N-dealkylation sites (tertiary alicyclic amines) is 1. The molecule has 0 aromatic carbocycles. The molecule has 1 fully saturated rings. The Kier molecular flexibility index (Phi) is 4.17. The van der Waals surface area contributed by atoms with Crippen LogP contribution in [0.1, 0.15) is 63.8 Å². The molecule has 3 heterocycles. The molecule has 2 aromatic rings. The molecule has 2 aliphatic rings. The summed E-state index contributed by atoms with van der Waals surface area (Å²) in [5, 5.41) is 0. The number of thiophene rings is 1. The fraction of sp³-hybridized carbons (Fsp3) is 0.474. The lowest BCUT2D eigenvalue weighted by Gasteiger charge is -2.24. The fourth-order valence-corrected chi connectivity index (χ4v) is 5.07. The Bertz CT molecular complexity index is 671. The van der Waals surface area contributed by atoms with E-state index in [0.717, 1.165) is 37.1 Å². The summed E-state index contributed by atoms with van der Waals surface area (Å²) < 4.78 is 0. The standard InChI is InChI=1S/C19H22N2OS/c22-19(18-13-15-5-2-1-3-7-17(15)23-18)21-12-4-6-16(21)14-8-10-20-11-9-14/h8-11,13,16H,1-7,12H2. The van der Waals surface area contributed by atoms with Gasteiger partial charge in [-0.15, -0.1) is 11.3 Å². The molecule has 0 spiro atoms. The number of carbonyl (C=O) groups excluding carboxylic acids is 1. The zero-order valence-corrected chi connectivity index (χ0v) is 14.1. The molecule has 1 aliphatic carbocycles. The molecule has 1 atom stereocenters. The number of hydrogen-bond acceptors (Lipinski definition) is 3. The van der Waals surface area contributed by atoms with Crippen LogP contribution in [0.4, 0.5) is 0 Å². The molecule has 0 radical (unpaired) electrons. The second-order valence-corrected chi connectivity index (χ2v) is 7.69. The first-order valence-electron chi connectivity index (χ1n) is 8.65. The number of carbonyl (C=O) groups is 1. The van der Waals surface area contributed by atoms with Gasteiger partial charge in [0, 0.05) is 23.8 Å². The highest BCUT2D eigenvalue weighted by molar-refractivity contribution is 7.14. The predicted octanol–water partition coefficient (Wildman–Crippen LogP) is 4.39. The van der Waals surface area contributed by atoms with Crippen molar-refractivity contribution in [1.82, 2.24) is 9.88 Å². The molecule has 0 saturated carbocycles. The maximum atomic E-state index is 13.1. The van der Waals surface area contributed by atoms with Crippen molar-refractivity contribution in [3.05, 3.63) is 51.5 Å². The summed E-state index contributed by atoms with van der Waals surface area (Å²) in [6.07, 6.45) is 11.9. The molecule has 1 unspecified atom stereocenters. The molecule has 4 heteroatoms. The first kappa shape index (κ1) is 14.9. The minimum Gasteiger partial charge on any atom is -0.331 e. The third-order valence-corrected chi connectivity index (χ3v) is 6.29. The van der Waals surface area contributed by atoms with Crippen molar-refractivity contribution in [1.29, 1.82) is 0 Å². The summed E-state index contributed by atoms with van der Waals surface area (Å²) in [6.45, 7) is 0.869. The van der Waals surface area contributed by atoms with Crippen LogP contribution in [0.2, 0.25) is 0 Å². The van der Waals surface area contributed by atoms with E-state index in [2.05, 4.69) is 16.0 Å². The van der Waals surface area contributed by atoms with Crippen LogP contribution in [0.15, 0.2) is 30.6 Å². The number of pyridine rings is 1. The van der Waals surface area contributed by atoms with E-state index in [4.69, 9.17) is 0 Å². The molecular formula is C19H22N2OS. The molecule has 0 bridgehead atoms. The van der Waals surface area contributed by atoms with Crippen molar-refractivity contribution < 1.29 is 4.79 Å². The van der Waals surface area contributed by atoms with Gasteiger partial charge in [0.2, 0.25) is 0 Å². The third kappa shape index (κ3) is 2.92. The van der Waals surface area contributed by atoms with E-state index in [-0.39, 0.29) is 11.9 Å². The highest BCUT2D eigenvalue weighted by Crippen LogP contribution is 2.35. The average molecular weight is 326 g/mol. The lowest BCUT2D eigenvalue weighted by atomic mass is 10.1. The Balaban J connectivity index is 1.59. The number of hydrogen-bond donors (Lipinski definition) is 0. The third-order valence-electron chi connectivity index (χ3n) is 5.06. The molecule has 1 amide bonds. The van der Waals surface area contributed by atoms with Crippen LogP contribution >= 0.6 is 11.3 Å². The fourth-order valence-electron chi connectivity index (χ4n) is 3.86. The molecular weight excluding hydrogens is 304 g/mol. The van der Waals surface area contributed by atoms with E-state index < -0.39 is 0 Å². The summed E-state index contributed by atoms with van der Waals surface area (Å²) in [5.74, 6) is 0.224. The van der Waals surface area contributed by atoms with Gasteiger partial charge in [-0.05, 0) is 67.9 Å². The van der Waals surface area contributed by atoms with Gasteiger partial charge >= 0.3 is 0 Å². The highest BCUT2D eigenvalue weighted by atomic mass is 32.1. The second kappa shape index (κ2) is 6.44. The van der Waals surface area contributed by atoms with E-state index in [9.17, 15) is 4.79 Å². The summed E-state index contributed by atoms with van der Waals surface area (Å²) in [7, 11) is 0. The smallest absolute Gasteiger partial charge is 0.264 e. The van der Waals surface area contributed by atoms with Crippen molar-refractivity contribution in [3.63, 3.8) is 0 Å². The maximum Gasteiger partial charge on any atom is 0.264 e. The van der Waals surface area contributed by atoms with Gasteiger partial charge in [0.15, 0.2) is 0 Å². The minimum absolute atomic E-state index is 0.215. The highest BCUT2D eigenvalue weighted by Gasteiger charge is 2.31. The van der Waals surface area contributed by atoms with Gasteiger partial charge in [-0.25, -0.2) is 0 Å². The van der Waals surface area contributed by atoms with Crippen LogP contribution in [-0.4, -0.2) is 22.3 Å². The van der Waals surface area contributed by atoms with Crippen LogP contribution < -0.4 is 0 Å². The van der Waals surface area contributed by atoms with E-state index in [0.29, 0.717) is 0 Å². The Hall–Kier alpha value is -1.68. The topological polar surface area (TPSA) is 33.2 Å². The first-order chi connectivity index (χ1) is 11.3. The monoisotopic (exact) mass is 326 g/mol. The van der Waals surface area contributed by atoms with Crippen molar-refractivity contribution in [3.8, 4) is 0 Å². The minimum atomic E-state index is 0.215. The normalized spacial score (nSPS) is 21.0. The van der Waals surface area contributed by atoms with Gasteiger partial charge in [0.25, 0.3) is 5.91 Å². The molecule has 2 aromatic heterocycles. The average Bonchev–Trinajstić information content (AvgIpc) is 3.18. The molecule has 120 valence electrons. The van der Waals surface area contributed by atoms with E-state index in [1.807, 2.05) is 24.5 Å². The number of amides is 1. The number of rotatable bonds is 2. The van der Waals surface area contributed by atoms with Crippen LogP contribution in [0, 0.1) is 0 Å². The Morgan fingerprint density at radius 2 is 1.96 bits per heavy atom. The van der Waals surface area contributed by atoms with Crippen molar-refractivity contribution >= 4 is 17.2 Å². The predicted molar refractivity (Wildman–Crippen MR) is 92.8 cm³/mol.